The monoisotopic (exact) mass is 251 g/mol. The van der Waals surface area contributed by atoms with Crippen LogP contribution in [0.5, 0.6) is 0 Å². The second-order valence-corrected chi connectivity index (χ2v) is 4.56. The minimum absolute atomic E-state index is 0.282. The highest BCUT2D eigenvalue weighted by atomic mass is 16.4. The zero-order valence-electron chi connectivity index (χ0n) is 10.5. The number of aromatic carboxylic acids is 1. The van der Waals surface area contributed by atoms with Crippen LogP contribution in [0.4, 0.5) is 0 Å². The average Bonchev–Trinajstić information content (AvgIpc) is 2.79. The summed E-state index contributed by atoms with van der Waals surface area (Å²) in [6.45, 7) is 2.01. The summed E-state index contributed by atoms with van der Waals surface area (Å²) < 4.78 is 1.77. The highest BCUT2D eigenvalue weighted by Gasteiger charge is 2.15. The predicted octanol–water partition coefficient (Wildman–Crippen LogP) is 3.64. The number of nitrogens with zero attached hydrogens (tertiary/aromatic N) is 1. The Kier molecular flexibility index (Phi) is 2.60. The normalized spacial score (nSPS) is 10.8. The van der Waals surface area contributed by atoms with Crippen LogP contribution in [-0.4, -0.2) is 15.6 Å². The largest absolute Gasteiger partial charge is 0.477 e. The maximum absolute atomic E-state index is 11.4. The van der Waals surface area contributed by atoms with Gasteiger partial charge in [0, 0.05) is 11.1 Å². The maximum atomic E-state index is 11.4. The molecule has 0 radical (unpaired) electrons. The molecule has 94 valence electrons. The fourth-order valence-corrected chi connectivity index (χ4v) is 2.28. The molecule has 0 fully saturated rings. The second-order valence-electron chi connectivity index (χ2n) is 4.56. The lowest BCUT2D eigenvalue weighted by molar-refractivity contribution is 0.0688. The van der Waals surface area contributed by atoms with Gasteiger partial charge in [-0.2, -0.15) is 0 Å². The highest BCUT2D eigenvalue weighted by molar-refractivity contribution is 5.96. The molecule has 0 aliphatic heterocycles. The molecule has 0 atom stereocenters. The van der Waals surface area contributed by atoms with Crippen molar-refractivity contribution in [3.8, 4) is 5.69 Å². The van der Waals surface area contributed by atoms with Crippen LogP contribution in [0.1, 0.15) is 16.1 Å². The average molecular weight is 251 g/mol. The van der Waals surface area contributed by atoms with Crippen molar-refractivity contribution in [2.24, 2.45) is 0 Å². The molecule has 3 aromatic rings. The molecule has 3 heteroatoms. The summed E-state index contributed by atoms with van der Waals surface area (Å²) in [4.78, 5) is 11.4. The maximum Gasteiger partial charge on any atom is 0.352 e. The number of carbonyl (C=O) groups is 1. The fraction of sp³-hybridized carbons (Fsp3) is 0.0625. The van der Waals surface area contributed by atoms with E-state index in [-0.39, 0.29) is 5.69 Å². The third-order valence-electron chi connectivity index (χ3n) is 3.22. The summed E-state index contributed by atoms with van der Waals surface area (Å²) in [5.74, 6) is -0.920. The summed E-state index contributed by atoms with van der Waals surface area (Å²) in [6.07, 6.45) is 0. The van der Waals surface area contributed by atoms with E-state index in [1.54, 1.807) is 10.6 Å². The van der Waals surface area contributed by atoms with E-state index in [0.29, 0.717) is 0 Å². The SMILES string of the molecule is Cc1ccc(-n2c(C(=O)O)cc3ccccc32)cc1. The van der Waals surface area contributed by atoms with Gasteiger partial charge in [0.05, 0.1) is 5.52 Å². The minimum atomic E-state index is -0.920. The molecule has 0 unspecified atom stereocenters. The number of benzene rings is 2. The van der Waals surface area contributed by atoms with Gasteiger partial charge in [-0.15, -0.1) is 0 Å². The first-order valence-corrected chi connectivity index (χ1v) is 6.07. The molecular formula is C16H13NO2. The molecule has 0 amide bonds. The first-order chi connectivity index (χ1) is 9.16. The van der Waals surface area contributed by atoms with E-state index in [4.69, 9.17) is 0 Å². The molecule has 1 heterocycles. The molecule has 1 N–H and O–H groups in total. The Labute approximate surface area is 110 Å². The van der Waals surface area contributed by atoms with Gasteiger partial charge in [0.25, 0.3) is 0 Å². The predicted molar refractivity (Wildman–Crippen MR) is 75.0 cm³/mol. The van der Waals surface area contributed by atoms with E-state index in [1.807, 2.05) is 55.5 Å². The van der Waals surface area contributed by atoms with Crippen LogP contribution in [0, 0.1) is 6.92 Å². The standard InChI is InChI=1S/C16H13NO2/c1-11-6-8-13(9-7-11)17-14-5-3-2-4-12(14)10-15(17)16(18)19/h2-10H,1H3,(H,18,19). The highest BCUT2D eigenvalue weighted by Crippen LogP contribution is 2.24. The van der Waals surface area contributed by atoms with Crippen LogP contribution in [0.3, 0.4) is 0 Å². The van der Waals surface area contributed by atoms with Gasteiger partial charge in [-0.25, -0.2) is 4.79 Å². The van der Waals surface area contributed by atoms with E-state index >= 15 is 0 Å². The van der Waals surface area contributed by atoms with Gasteiger partial charge in [-0.1, -0.05) is 35.9 Å². The first-order valence-electron chi connectivity index (χ1n) is 6.07. The minimum Gasteiger partial charge on any atom is -0.477 e. The number of aryl methyl sites for hydroxylation is 1. The number of aromatic nitrogens is 1. The van der Waals surface area contributed by atoms with E-state index in [9.17, 15) is 9.90 Å². The lowest BCUT2D eigenvalue weighted by Crippen LogP contribution is -2.06. The van der Waals surface area contributed by atoms with Crippen molar-refractivity contribution in [3.05, 3.63) is 65.9 Å². The summed E-state index contributed by atoms with van der Waals surface area (Å²) >= 11 is 0. The number of carboxylic acid groups (broad SMARTS) is 1. The Balaban J connectivity index is 2.34. The van der Waals surface area contributed by atoms with E-state index in [0.717, 1.165) is 22.2 Å². The third kappa shape index (κ3) is 1.89. The van der Waals surface area contributed by atoms with Gasteiger partial charge in [-0.05, 0) is 31.2 Å². The number of carboxylic acids is 1. The van der Waals surface area contributed by atoms with Crippen molar-refractivity contribution in [1.82, 2.24) is 4.57 Å². The lowest BCUT2D eigenvalue weighted by Gasteiger charge is -2.08. The molecular weight excluding hydrogens is 238 g/mol. The van der Waals surface area contributed by atoms with E-state index < -0.39 is 5.97 Å². The number of para-hydroxylation sites is 1. The number of hydrogen-bond donors (Lipinski definition) is 1. The van der Waals surface area contributed by atoms with Crippen molar-refractivity contribution >= 4 is 16.9 Å². The molecule has 1 aromatic heterocycles. The lowest BCUT2D eigenvalue weighted by atomic mass is 10.2. The second kappa shape index (κ2) is 4.28. The van der Waals surface area contributed by atoms with Crippen molar-refractivity contribution in [2.75, 3.05) is 0 Å². The molecule has 2 aromatic carbocycles. The molecule has 0 saturated heterocycles. The molecule has 3 rings (SSSR count). The van der Waals surface area contributed by atoms with E-state index in [1.165, 1.54) is 0 Å². The summed E-state index contributed by atoms with van der Waals surface area (Å²) in [7, 11) is 0. The van der Waals surface area contributed by atoms with Crippen LogP contribution in [0.15, 0.2) is 54.6 Å². The van der Waals surface area contributed by atoms with Crippen LogP contribution >= 0.6 is 0 Å². The van der Waals surface area contributed by atoms with Crippen LogP contribution < -0.4 is 0 Å². The van der Waals surface area contributed by atoms with Gasteiger partial charge in [0.2, 0.25) is 0 Å². The zero-order valence-corrected chi connectivity index (χ0v) is 10.5. The number of rotatable bonds is 2. The molecule has 0 saturated carbocycles. The Morgan fingerprint density at radius 1 is 1.05 bits per heavy atom. The Morgan fingerprint density at radius 3 is 2.42 bits per heavy atom. The zero-order chi connectivity index (χ0) is 13.4. The van der Waals surface area contributed by atoms with Crippen molar-refractivity contribution in [2.45, 2.75) is 6.92 Å². The smallest absolute Gasteiger partial charge is 0.352 e. The first kappa shape index (κ1) is 11.5. The number of hydrogen-bond acceptors (Lipinski definition) is 1. The van der Waals surface area contributed by atoms with Crippen molar-refractivity contribution in [3.63, 3.8) is 0 Å². The Bertz CT molecular complexity index is 754. The molecule has 0 aliphatic carbocycles. The Hall–Kier alpha value is -2.55. The molecule has 19 heavy (non-hydrogen) atoms. The third-order valence-corrected chi connectivity index (χ3v) is 3.22. The molecule has 0 spiro atoms. The van der Waals surface area contributed by atoms with Crippen LogP contribution in [0.25, 0.3) is 16.6 Å². The molecule has 0 bridgehead atoms. The Morgan fingerprint density at radius 2 is 1.74 bits per heavy atom. The molecule has 0 aliphatic rings. The number of fused-ring (bicyclic) bond motifs is 1. The topological polar surface area (TPSA) is 42.2 Å². The van der Waals surface area contributed by atoms with Gasteiger partial charge >= 0.3 is 5.97 Å². The van der Waals surface area contributed by atoms with Crippen molar-refractivity contribution < 1.29 is 9.90 Å². The van der Waals surface area contributed by atoms with Gasteiger partial charge in [0.1, 0.15) is 5.69 Å². The van der Waals surface area contributed by atoms with Crippen molar-refractivity contribution in [1.29, 1.82) is 0 Å². The van der Waals surface area contributed by atoms with Gasteiger partial charge < -0.3 is 9.67 Å². The van der Waals surface area contributed by atoms with Gasteiger partial charge in [0.15, 0.2) is 0 Å². The van der Waals surface area contributed by atoms with E-state index in [2.05, 4.69) is 0 Å². The summed E-state index contributed by atoms with van der Waals surface area (Å²) in [5.41, 5.74) is 3.20. The van der Waals surface area contributed by atoms with Gasteiger partial charge in [-0.3, -0.25) is 0 Å². The fourth-order valence-electron chi connectivity index (χ4n) is 2.28. The summed E-state index contributed by atoms with van der Waals surface area (Å²) in [6, 6.07) is 17.2. The molecule has 3 nitrogen and oxygen atoms in total. The quantitative estimate of drug-likeness (QED) is 0.755. The van der Waals surface area contributed by atoms with Crippen LogP contribution in [0.2, 0.25) is 0 Å². The van der Waals surface area contributed by atoms with Crippen LogP contribution in [-0.2, 0) is 0 Å². The summed E-state index contributed by atoms with van der Waals surface area (Å²) in [5, 5.41) is 10.3.